The number of aromatic nitrogens is 3. The highest BCUT2D eigenvalue weighted by Crippen LogP contribution is 2.37. The van der Waals surface area contributed by atoms with E-state index in [-0.39, 0.29) is 71.8 Å². The summed E-state index contributed by atoms with van der Waals surface area (Å²) in [4.78, 5) is 76.6. The summed E-state index contributed by atoms with van der Waals surface area (Å²) < 4.78 is 50.2. The van der Waals surface area contributed by atoms with Crippen molar-refractivity contribution in [1.29, 1.82) is 0 Å². The lowest BCUT2D eigenvalue weighted by molar-refractivity contribution is -0.144. The fourth-order valence-corrected chi connectivity index (χ4v) is 12.1. The molecule has 3 amide bonds. The molecule has 4 aromatic carbocycles. The van der Waals surface area contributed by atoms with E-state index >= 15 is 0 Å². The molecule has 18 nitrogen and oxygen atoms in total. The standard InChI is InChI=1S/C61H79N7O11S2/c1-10-27-77-46-32-47(78-28-16-15-26-65(6)7)34-48(33-46)79-54-35-51-50(66(8)60(74)67(51)9)30-44(54)38-81(75,76)49-19-17-18-43(29-49)53(70)20-13-11-12-14-21-55(71)64-57(61(3,4)5)59(73)68-37-45(69)31-52(68)58(72)62-36-41-22-24-42(25-23-41)56-40(2)63-39-80-56/h17-19,22-25,29-30,32-35,39,45,52,57,69H,10-16,20-21,26-28,31,36-38H2,1-9H3,(H,62,72)(H,64,71)/t45-,52+,57-/m1/s1. The molecule has 0 aliphatic carbocycles. The first-order chi connectivity index (χ1) is 38.5. The number of unbranched alkanes of at least 4 members (excludes halogenated alkanes) is 4. The monoisotopic (exact) mass is 1150 g/mol. The fourth-order valence-electron chi connectivity index (χ4n) is 9.85. The number of fused-ring (bicyclic) bond motifs is 1. The quantitative estimate of drug-likeness (QED) is 0.0309. The number of sulfone groups is 1. The minimum Gasteiger partial charge on any atom is -0.493 e. The van der Waals surface area contributed by atoms with E-state index in [1.807, 2.05) is 73.0 Å². The molecule has 0 radical (unpaired) electrons. The van der Waals surface area contributed by atoms with Crippen molar-refractivity contribution in [3.8, 4) is 33.4 Å². The van der Waals surface area contributed by atoms with Gasteiger partial charge in [0.05, 0.1) is 57.1 Å². The number of imidazole rings is 1. The number of β-amino-alcohol motifs (C(OH)–C–C–N with tert-alkyl or cyclic N) is 1. The van der Waals surface area contributed by atoms with E-state index in [0.717, 1.165) is 47.5 Å². The smallest absolute Gasteiger partial charge is 0.328 e. The molecule has 1 fully saturated rings. The summed E-state index contributed by atoms with van der Waals surface area (Å²) in [7, 11) is 3.22. The fraction of sp³-hybridized carbons (Fsp3) is 0.475. The van der Waals surface area contributed by atoms with Crippen LogP contribution in [0.25, 0.3) is 21.5 Å². The Bertz CT molecular complexity index is 3340. The van der Waals surface area contributed by atoms with Crippen molar-refractivity contribution < 1.29 is 46.9 Å². The predicted octanol–water partition coefficient (Wildman–Crippen LogP) is 8.92. The van der Waals surface area contributed by atoms with Gasteiger partial charge >= 0.3 is 5.69 Å². The van der Waals surface area contributed by atoms with Crippen LogP contribution in [0.2, 0.25) is 0 Å². The zero-order chi connectivity index (χ0) is 58.6. The normalized spacial score (nSPS) is 15.0. The van der Waals surface area contributed by atoms with Gasteiger partial charge in [-0.2, -0.15) is 0 Å². The number of carbonyl (C=O) groups excluding carboxylic acids is 4. The van der Waals surface area contributed by atoms with Gasteiger partial charge in [-0.05, 0) is 94.4 Å². The van der Waals surface area contributed by atoms with Crippen LogP contribution in [0.3, 0.4) is 0 Å². The van der Waals surface area contributed by atoms with Gasteiger partial charge in [-0.3, -0.25) is 28.3 Å². The number of hydrogen-bond acceptors (Lipinski definition) is 14. The molecule has 0 unspecified atom stereocenters. The average Bonchev–Trinajstić information content (AvgIpc) is 4.16. The maximum Gasteiger partial charge on any atom is 0.328 e. The number of rotatable bonds is 28. The highest BCUT2D eigenvalue weighted by atomic mass is 32.2. The van der Waals surface area contributed by atoms with E-state index in [4.69, 9.17) is 14.2 Å². The Kier molecular flexibility index (Phi) is 21.1. The molecule has 0 spiro atoms. The molecule has 1 saturated heterocycles. The number of aliphatic hydroxyl groups excluding tert-OH is 1. The second kappa shape index (κ2) is 27.7. The number of nitrogens with one attached hydrogen (secondary N) is 2. The minimum atomic E-state index is -4.09. The van der Waals surface area contributed by atoms with Crippen LogP contribution in [0.15, 0.2) is 94.1 Å². The molecule has 81 heavy (non-hydrogen) atoms. The van der Waals surface area contributed by atoms with Gasteiger partial charge in [0.25, 0.3) is 0 Å². The van der Waals surface area contributed by atoms with E-state index < -0.39 is 45.1 Å². The molecule has 6 aromatic rings. The summed E-state index contributed by atoms with van der Waals surface area (Å²) in [6, 6.07) is 20.5. The molecule has 1 aliphatic rings. The number of likely N-dealkylation sites (tertiary alicyclic amines) is 1. The Morgan fingerprint density at radius 1 is 0.852 bits per heavy atom. The number of nitrogens with zero attached hydrogens (tertiary/aromatic N) is 5. The summed E-state index contributed by atoms with van der Waals surface area (Å²) in [6.45, 7) is 11.6. The third-order valence-electron chi connectivity index (χ3n) is 14.4. The van der Waals surface area contributed by atoms with Gasteiger partial charge in [-0.15, -0.1) is 11.3 Å². The summed E-state index contributed by atoms with van der Waals surface area (Å²) in [5.41, 5.74) is 5.28. The first kappa shape index (κ1) is 61.7. The molecule has 3 heterocycles. The Balaban J connectivity index is 0.925. The highest BCUT2D eigenvalue weighted by Gasteiger charge is 2.44. The molecular formula is C61H79N7O11S2. The Morgan fingerprint density at radius 3 is 2.17 bits per heavy atom. The highest BCUT2D eigenvalue weighted by molar-refractivity contribution is 7.90. The van der Waals surface area contributed by atoms with Crippen LogP contribution in [0.1, 0.15) is 119 Å². The van der Waals surface area contributed by atoms with Crippen molar-refractivity contribution in [2.45, 2.75) is 134 Å². The van der Waals surface area contributed by atoms with Crippen molar-refractivity contribution in [2.75, 3.05) is 40.4 Å². The van der Waals surface area contributed by atoms with Crippen molar-refractivity contribution in [2.24, 2.45) is 19.5 Å². The number of hydrogen-bond donors (Lipinski definition) is 3. The van der Waals surface area contributed by atoms with Crippen LogP contribution in [0, 0.1) is 12.3 Å². The second-order valence-electron chi connectivity index (χ2n) is 22.4. The molecule has 7 rings (SSSR count). The first-order valence-corrected chi connectivity index (χ1v) is 30.4. The second-order valence-corrected chi connectivity index (χ2v) is 25.2. The van der Waals surface area contributed by atoms with Crippen LogP contribution in [-0.2, 0) is 50.6 Å². The number of carbonyl (C=O) groups is 4. The number of benzene rings is 4. The molecule has 0 bridgehead atoms. The topological polar surface area (TPSA) is 221 Å². The molecule has 3 N–H and O–H groups in total. The third-order valence-corrected chi connectivity index (χ3v) is 17.0. The zero-order valence-corrected chi connectivity index (χ0v) is 49.8. The lowest BCUT2D eigenvalue weighted by Crippen LogP contribution is -2.57. The number of ketones is 1. The number of aryl methyl sites for hydroxylation is 3. The van der Waals surface area contributed by atoms with Crippen LogP contribution >= 0.6 is 11.3 Å². The molecule has 1 aliphatic heterocycles. The van der Waals surface area contributed by atoms with Crippen molar-refractivity contribution in [1.82, 2.24) is 34.6 Å². The van der Waals surface area contributed by atoms with Crippen molar-refractivity contribution >= 4 is 55.7 Å². The number of Topliss-reactive ketones (excluding diaryl/α,β-unsaturated/α-hetero) is 1. The van der Waals surface area contributed by atoms with Crippen LogP contribution in [0.4, 0.5) is 0 Å². The van der Waals surface area contributed by atoms with Crippen molar-refractivity contribution in [3.05, 3.63) is 117 Å². The SMILES string of the molecule is CCCOc1cc(OCCCCN(C)C)cc(Oc2cc3c(cc2CS(=O)(=O)c2cccc(C(=O)CCCCCCC(=O)N[C@H](C(=O)N4C[C@H](O)C[C@H]4C(=O)NCc4ccc(-c5scnc5C)cc4)C(C)(C)C)c2)n(C)c(=O)n3C)c1. The summed E-state index contributed by atoms with van der Waals surface area (Å²) >= 11 is 1.56. The maximum absolute atomic E-state index is 14.3. The molecule has 3 atom stereocenters. The largest absolute Gasteiger partial charge is 0.493 e. The van der Waals surface area contributed by atoms with Gasteiger partial charge < -0.3 is 39.8 Å². The van der Waals surface area contributed by atoms with Gasteiger partial charge in [-0.25, -0.2) is 18.2 Å². The maximum atomic E-state index is 14.3. The predicted molar refractivity (Wildman–Crippen MR) is 315 cm³/mol. The van der Waals surface area contributed by atoms with Gasteiger partial charge in [0.15, 0.2) is 15.6 Å². The van der Waals surface area contributed by atoms with Gasteiger partial charge in [-0.1, -0.05) is 76.9 Å². The Morgan fingerprint density at radius 2 is 1.52 bits per heavy atom. The van der Waals surface area contributed by atoms with E-state index in [2.05, 4.69) is 20.5 Å². The van der Waals surface area contributed by atoms with E-state index in [1.165, 1.54) is 26.2 Å². The number of thiazole rings is 1. The minimum absolute atomic E-state index is 0.0333. The Labute approximate surface area is 479 Å². The average molecular weight is 1150 g/mol. The Hall–Kier alpha value is -6.87. The molecule has 0 saturated carbocycles. The molecule has 2 aromatic heterocycles. The van der Waals surface area contributed by atoms with Gasteiger partial charge in [0, 0.05) is 81.8 Å². The lowest BCUT2D eigenvalue weighted by Gasteiger charge is -2.35. The summed E-state index contributed by atoms with van der Waals surface area (Å²) in [5.74, 6) is -0.229. The summed E-state index contributed by atoms with van der Waals surface area (Å²) in [5, 5.41) is 16.5. The van der Waals surface area contributed by atoms with Crippen LogP contribution < -0.4 is 30.5 Å². The molecule has 20 heteroatoms. The van der Waals surface area contributed by atoms with Crippen LogP contribution in [0.5, 0.6) is 23.0 Å². The van der Waals surface area contributed by atoms with E-state index in [1.54, 1.807) is 73.4 Å². The third kappa shape index (κ3) is 16.4. The number of aliphatic hydroxyl groups is 1. The van der Waals surface area contributed by atoms with Gasteiger partial charge in [0.1, 0.15) is 35.1 Å². The van der Waals surface area contributed by atoms with E-state index in [0.29, 0.717) is 72.7 Å². The summed E-state index contributed by atoms with van der Waals surface area (Å²) in [6.07, 6.45) is 4.30. The first-order valence-electron chi connectivity index (χ1n) is 27.9. The molecular weight excluding hydrogens is 1070 g/mol. The van der Waals surface area contributed by atoms with Gasteiger partial charge in [0.2, 0.25) is 17.7 Å². The zero-order valence-electron chi connectivity index (χ0n) is 48.2. The molecule has 436 valence electrons. The lowest BCUT2D eigenvalue weighted by atomic mass is 9.85. The van der Waals surface area contributed by atoms with E-state index in [9.17, 15) is 37.5 Å². The van der Waals surface area contributed by atoms with Crippen LogP contribution in [-0.4, -0.2) is 120 Å². The number of ether oxygens (including phenoxy) is 3. The van der Waals surface area contributed by atoms with Crippen molar-refractivity contribution in [3.63, 3.8) is 0 Å². The number of amides is 3.